The lowest BCUT2D eigenvalue weighted by Crippen LogP contribution is -2.24. The van der Waals surface area contributed by atoms with Gasteiger partial charge in [0.25, 0.3) is 0 Å². The quantitative estimate of drug-likeness (QED) is 0.898. The molecule has 0 aromatic heterocycles. The number of rotatable bonds is 3. The number of benzene rings is 1. The van der Waals surface area contributed by atoms with Gasteiger partial charge < -0.3 is 9.84 Å². The van der Waals surface area contributed by atoms with Crippen LogP contribution in [0.25, 0.3) is 0 Å². The van der Waals surface area contributed by atoms with Gasteiger partial charge in [-0.05, 0) is 12.1 Å². The van der Waals surface area contributed by atoms with Gasteiger partial charge in [0.1, 0.15) is 5.56 Å². The summed E-state index contributed by atoms with van der Waals surface area (Å²) in [5.41, 5.74) is -0.694. The summed E-state index contributed by atoms with van der Waals surface area (Å²) in [4.78, 5) is 22.0. The molecule has 0 fully saturated rings. The minimum absolute atomic E-state index is 0.166. The minimum atomic E-state index is -4.67. The van der Waals surface area contributed by atoms with Crippen LogP contribution in [0.1, 0.15) is 10.4 Å². The number of hydrogen-bond donors (Lipinski definition) is 2. The van der Waals surface area contributed by atoms with Crippen LogP contribution in [0.2, 0.25) is 5.02 Å². The molecule has 5 nitrogen and oxygen atoms in total. The van der Waals surface area contributed by atoms with Crippen LogP contribution in [0.3, 0.4) is 0 Å². The normalized spacial score (nSPS) is 10.9. The maximum Gasteiger partial charge on any atom is 0.422 e. The van der Waals surface area contributed by atoms with Gasteiger partial charge in [-0.25, -0.2) is 9.59 Å². The van der Waals surface area contributed by atoms with Crippen molar-refractivity contribution in [2.75, 3.05) is 11.9 Å². The fourth-order valence-electron chi connectivity index (χ4n) is 1.14. The Kier molecular flexibility index (Phi) is 4.60. The molecule has 0 heterocycles. The first-order valence-corrected chi connectivity index (χ1v) is 5.11. The highest BCUT2D eigenvalue weighted by Gasteiger charge is 2.29. The molecule has 1 rings (SSSR count). The molecule has 0 spiro atoms. The molecular formula is C10H7ClF3NO4. The Morgan fingerprint density at radius 2 is 2.00 bits per heavy atom. The number of halogens is 4. The molecule has 104 valence electrons. The number of nitrogens with one attached hydrogen (secondary N) is 1. The zero-order chi connectivity index (χ0) is 14.6. The van der Waals surface area contributed by atoms with Crippen molar-refractivity contribution in [2.24, 2.45) is 0 Å². The second kappa shape index (κ2) is 5.79. The molecule has 19 heavy (non-hydrogen) atoms. The maximum absolute atomic E-state index is 11.8. The van der Waals surface area contributed by atoms with Crippen molar-refractivity contribution in [3.8, 4) is 0 Å². The van der Waals surface area contributed by atoms with Gasteiger partial charge in [0.15, 0.2) is 6.61 Å². The summed E-state index contributed by atoms with van der Waals surface area (Å²) in [6.07, 6.45) is -6.09. The van der Waals surface area contributed by atoms with Crippen LogP contribution in [-0.4, -0.2) is 30.0 Å². The van der Waals surface area contributed by atoms with Crippen molar-refractivity contribution in [3.63, 3.8) is 0 Å². The van der Waals surface area contributed by atoms with Crippen LogP contribution < -0.4 is 5.32 Å². The topological polar surface area (TPSA) is 75.6 Å². The van der Waals surface area contributed by atoms with Gasteiger partial charge in [-0.2, -0.15) is 13.2 Å². The first-order valence-electron chi connectivity index (χ1n) is 4.73. The highest BCUT2D eigenvalue weighted by Crippen LogP contribution is 2.24. The molecule has 1 aromatic rings. The van der Waals surface area contributed by atoms with Crippen LogP contribution in [0, 0.1) is 0 Å². The van der Waals surface area contributed by atoms with Crippen molar-refractivity contribution in [1.29, 1.82) is 0 Å². The number of carboxylic acid groups (broad SMARTS) is 1. The number of alkyl halides is 3. The number of hydrogen-bond acceptors (Lipinski definition) is 3. The van der Waals surface area contributed by atoms with Gasteiger partial charge >= 0.3 is 18.2 Å². The number of carboxylic acids is 1. The Morgan fingerprint density at radius 3 is 2.53 bits per heavy atom. The van der Waals surface area contributed by atoms with E-state index in [-0.39, 0.29) is 10.7 Å². The molecule has 0 aliphatic heterocycles. The van der Waals surface area contributed by atoms with Crippen molar-refractivity contribution < 1.29 is 32.6 Å². The van der Waals surface area contributed by atoms with E-state index in [4.69, 9.17) is 16.7 Å². The first kappa shape index (κ1) is 15.1. The number of aromatic carboxylic acids is 1. The van der Waals surface area contributed by atoms with E-state index in [1.165, 1.54) is 18.2 Å². The van der Waals surface area contributed by atoms with E-state index >= 15 is 0 Å². The lowest BCUT2D eigenvalue weighted by Gasteiger charge is -2.11. The van der Waals surface area contributed by atoms with E-state index in [0.717, 1.165) is 0 Å². The Hall–Kier alpha value is -1.96. The Morgan fingerprint density at radius 1 is 1.37 bits per heavy atom. The van der Waals surface area contributed by atoms with Crippen molar-refractivity contribution in [3.05, 3.63) is 28.8 Å². The van der Waals surface area contributed by atoms with Crippen molar-refractivity contribution in [1.82, 2.24) is 0 Å². The number of anilines is 1. The first-order chi connectivity index (χ1) is 8.70. The molecular weight excluding hydrogens is 291 g/mol. The van der Waals surface area contributed by atoms with Gasteiger partial charge in [0.05, 0.1) is 10.7 Å². The molecule has 1 amide bonds. The summed E-state index contributed by atoms with van der Waals surface area (Å²) < 4.78 is 39.3. The average Bonchev–Trinajstić information content (AvgIpc) is 2.25. The molecule has 0 aliphatic carbocycles. The molecule has 9 heteroatoms. The van der Waals surface area contributed by atoms with Gasteiger partial charge in [-0.15, -0.1) is 0 Å². The van der Waals surface area contributed by atoms with E-state index in [1.54, 1.807) is 0 Å². The Balaban J connectivity index is 2.80. The number of carbonyl (C=O) groups excluding carboxylic acids is 1. The lowest BCUT2D eigenvalue weighted by molar-refractivity contribution is -0.159. The van der Waals surface area contributed by atoms with E-state index in [9.17, 15) is 22.8 Å². The summed E-state index contributed by atoms with van der Waals surface area (Å²) in [5.74, 6) is -1.43. The number of ether oxygens (including phenoxy) is 1. The van der Waals surface area contributed by atoms with Gasteiger partial charge in [0.2, 0.25) is 0 Å². The van der Waals surface area contributed by atoms with Crippen LogP contribution in [0.15, 0.2) is 18.2 Å². The summed E-state index contributed by atoms with van der Waals surface area (Å²) in [5, 5.41) is 10.6. The van der Waals surface area contributed by atoms with Gasteiger partial charge in [-0.3, -0.25) is 5.32 Å². The summed E-state index contributed by atoms with van der Waals surface area (Å²) in [7, 11) is 0. The second-order valence-corrected chi connectivity index (χ2v) is 3.69. The van der Waals surface area contributed by atoms with Gasteiger partial charge in [0, 0.05) is 0 Å². The predicted octanol–water partition coefficient (Wildman–Crippen LogP) is 3.15. The average molecular weight is 298 g/mol. The third-order valence-corrected chi connectivity index (χ3v) is 2.15. The van der Waals surface area contributed by atoms with E-state index in [2.05, 4.69) is 4.74 Å². The van der Waals surface area contributed by atoms with Crippen LogP contribution in [-0.2, 0) is 4.74 Å². The smallest absolute Gasteiger partial charge is 0.422 e. The SMILES string of the molecule is O=C(Nc1cccc(Cl)c1C(=O)O)OCC(F)(F)F. The monoisotopic (exact) mass is 297 g/mol. The zero-order valence-corrected chi connectivity index (χ0v) is 9.88. The molecule has 0 radical (unpaired) electrons. The third kappa shape index (κ3) is 4.66. The molecule has 0 unspecified atom stereocenters. The third-order valence-electron chi connectivity index (χ3n) is 1.83. The molecule has 0 atom stereocenters. The standard InChI is InChI=1S/C10H7ClF3NO4/c11-5-2-1-3-6(7(5)8(16)17)15-9(18)19-4-10(12,13)14/h1-3H,4H2,(H,15,18)(H,16,17). The predicted molar refractivity (Wildman–Crippen MR) is 59.4 cm³/mol. The summed E-state index contributed by atoms with van der Waals surface area (Å²) >= 11 is 5.60. The lowest BCUT2D eigenvalue weighted by atomic mass is 10.2. The van der Waals surface area contributed by atoms with Crippen LogP contribution in [0.5, 0.6) is 0 Å². The Labute approximate surface area is 109 Å². The molecule has 0 saturated carbocycles. The fraction of sp³-hybridized carbons (Fsp3) is 0.200. The van der Waals surface area contributed by atoms with Gasteiger partial charge in [-0.1, -0.05) is 17.7 Å². The minimum Gasteiger partial charge on any atom is -0.478 e. The second-order valence-electron chi connectivity index (χ2n) is 3.28. The van der Waals surface area contributed by atoms with Crippen molar-refractivity contribution >= 4 is 29.4 Å². The number of carbonyl (C=O) groups is 2. The number of amides is 1. The molecule has 0 bridgehead atoms. The zero-order valence-electron chi connectivity index (χ0n) is 9.12. The van der Waals surface area contributed by atoms with E-state index < -0.39 is 30.4 Å². The van der Waals surface area contributed by atoms with E-state index in [1.807, 2.05) is 5.32 Å². The highest BCUT2D eigenvalue weighted by molar-refractivity contribution is 6.34. The largest absolute Gasteiger partial charge is 0.478 e. The van der Waals surface area contributed by atoms with Crippen LogP contribution >= 0.6 is 11.6 Å². The highest BCUT2D eigenvalue weighted by atomic mass is 35.5. The van der Waals surface area contributed by atoms with E-state index in [0.29, 0.717) is 0 Å². The van der Waals surface area contributed by atoms with Crippen LogP contribution in [0.4, 0.5) is 23.7 Å². The summed E-state index contributed by atoms with van der Waals surface area (Å²) in [6.45, 7) is -1.78. The molecule has 1 aromatic carbocycles. The molecule has 0 saturated heterocycles. The maximum atomic E-state index is 11.8. The van der Waals surface area contributed by atoms with Crippen molar-refractivity contribution in [2.45, 2.75) is 6.18 Å². The summed E-state index contributed by atoms with van der Waals surface area (Å²) in [6, 6.07) is 3.76. The Bertz CT molecular complexity index is 504. The molecule has 2 N–H and O–H groups in total. The molecule has 0 aliphatic rings. The fourth-order valence-corrected chi connectivity index (χ4v) is 1.39.